The fraction of sp³-hybridized carbons (Fsp3) is 1.00. The summed E-state index contributed by atoms with van der Waals surface area (Å²) in [6.07, 6.45) is 14.5. The van der Waals surface area contributed by atoms with Crippen molar-refractivity contribution in [2.75, 3.05) is 0 Å². The highest BCUT2D eigenvalue weighted by Crippen LogP contribution is 2.70. The number of hydrogen-bond acceptors (Lipinski definition) is 1. The molecule has 1 heteroatoms. The van der Waals surface area contributed by atoms with Crippen LogP contribution in [0.15, 0.2) is 0 Å². The van der Waals surface area contributed by atoms with Crippen LogP contribution in [0.3, 0.4) is 0 Å². The van der Waals surface area contributed by atoms with Crippen molar-refractivity contribution in [2.24, 2.45) is 39.7 Å². The van der Waals surface area contributed by atoms with Gasteiger partial charge in [0, 0.05) is 6.04 Å². The molecule has 0 amide bonds. The van der Waals surface area contributed by atoms with Crippen LogP contribution < -0.4 is 5.73 Å². The van der Waals surface area contributed by atoms with Crippen LogP contribution >= 0.6 is 0 Å². The molecule has 0 aromatic rings. The van der Waals surface area contributed by atoms with Crippen molar-refractivity contribution >= 4 is 0 Å². The summed E-state index contributed by atoms with van der Waals surface area (Å²) in [5.74, 6) is 2.76. The van der Waals surface area contributed by atoms with Crippen LogP contribution in [-0.4, -0.2) is 6.04 Å². The SMILES string of the molecule is CC1CCC(C(N)C23CC4CC(C)(CC(C)(C4)C2)C3)CC1. The minimum atomic E-state index is 0.493. The van der Waals surface area contributed by atoms with Crippen LogP contribution in [0, 0.1) is 34.0 Å². The monoisotopic (exact) mass is 289 g/mol. The molecule has 5 aliphatic carbocycles. The Morgan fingerprint density at radius 2 is 1.43 bits per heavy atom. The quantitative estimate of drug-likeness (QED) is 0.748. The maximum Gasteiger partial charge on any atom is 0.0124 e. The average Bonchev–Trinajstić information content (AvgIpc) is 2.34. The first-order chi connectivity index (χ1) is 9.82. The Kier molecular flexibility index (Phi) is 3.11. The Morgan fingerprint density at radius 3 is 1.95 bits per heavy atom. The summed E-state index contributed by atoms with van der Waals surface area (Å²) in [5.41, 5.74) is 8.76. The minimum absolute atomic E-state index is 0.493. The highest BCUT2D eigenvalue weighted by molar-refractivity contribution is 5.13. The summed E-state index contributed by atoms with van der Waals surface area (Å²) in [5, 5.41) is 0. The molecule has 4 bridgehead atoms. The first-order valence-corrected chi connectivity index (χ1v) is 9.57. The van der Waals surface area contributed by atoms with Gasteiger partial charge in [0.15, 0.2) is 0 Å². The maximum absolute atomic E-state index is 7.01. The molecular weight excluding hydrogens is 254 g/mol. The van der Waals surface area contributed by atoms with Crippen molar-refractivity contribution in [3.63, 3.8) is 0 Å². The van der Waals surface area contributed by atoms with Crippen LogP contribution in [-0.2, 0) is 0 Å². The molecule has 2 N–H and O–H groups in total. The first-order valence-electron chi connectivity index (χ1n) is 9.57. The third kappa shape index (κ3) is 2.30. The fourth-order valence-corrected chi connectivity index (χ4v) is 8.05. The van der Waals surface area contributed by atoms with Gasteiger partial charge in [-0.05, 0) is 85.4 Å². The lowest BCUT2D eigenvalue weighted by Crippen LogP contribution is -2.62. The molecule has 5 rings (SSSR count). The van der Waals surface area contributed by atoms with Gasteiger partial charge in [0.1, 0.15) is 0 Å². The zero-order chi connectivity index (χ0) is 14.9. The molecule has 0 spiro atoms. The zero-order valence-corrected chi connectivity index (χ0v) is 14.5. The number of hydrogen-bond donors (Lipinski definition) is 1. The van der Waals surface area contributed by atoms with Gasteiger partial charge >= 0.3 is 0 Å². The van der Waals surface area contributed by atoms with E-state index in [4.69, 9.17) is 5.73 Å². The van der Waals surface area contributed by atoms with Gasteiger partial charge in [0.05, 0.1) is 0 Å². The van der Waals surface area contributed by atoms with Crippen LogP contribution in [0.5, 0.6) is 0 Å². The summed E-state index contributed by atoms with van der Waals surface area (Å²) in [6.45, 7) is 7.59. The molecule has 3 unspecified atom stereocenters. The molecule has 0 saturated heterocycles. The molecule has 5 saturated carbocycles. The second kappa shape index (κ2) is 4.49. The Morgan fingerprint density at radius 1 is 0.857 bits per heavy atom. The minimum Gasteiger partial charge on any atom is -0.327 e. The van der Waals surface area contributed by atoms with E-state index in [1.807, 2.05) is 0 Å². The van der Waals surface area contributed by atoms with Crippen LogP contribution in [0.2, 0.25) is 0 Å². The topological polar surface area (TPSA) is 26.0 Å². The summed E-state index contributed by atoms with van der Waals surface area (Å²) in [4.78, 5) is 0. The average molecular weight is 290 g/mol. The normalized spacial score (nSPS) is 57.4. The largest absolute Gasteiger partial charge is 0.327 e. The number of rotatable bonds is 2. The van der Waals surface area contributed by atoms with E-state index in [0.717, 1.165) is 17.8 Å². The lowest BCUT2D eigenvalue weighted by Gasteiger charge is -2.67. The van der Waals surface area contributed by atoms with E-state index in [9.17, 15) is 0 Å². The van der Waals surface area contributed by atoms with Crippen molar-refractivity contribution < 1.29 is 0 Å². The van der Waals surface area contributed by atoms with E-state index >= 15 is 0 Å². The molecule has 120 valence electrons. The van der Waals surface area contributed by atoms with E-state index in [1.165, 1.54) is 64.2 Å². The molecule has 0 aromatic heterocycles. The molecule has 5 aliphatic rings. The van der Waals surface area contributed by atoms with Crippen molar-refractivity contribution in [2.45, 2.75) is 91.0 Å². The predicted molar refractivity (Wildman–Crippen MR) is 88.9 cm³/mol. The molecule has 0 heterocycles. The summed E-state index contributed by atoms with van der Waals surface area (Å²) in [6, 6.07) is 0.493. The first kappa shape index (κ1) is 14.5. The van der Waals surface area contributed by atoms with Crippen molar-refractivity contribution in [1.29, 1.82) is 0 Å². The molecule has 0 radical (unpaired) electrons. The highest BCUT2D eigenvalue weighted by Gasteiger charge is 2.62. The molecule has 5 fully saturated rings. The van der Waals surface area contributed by atoms with Crippen LogP contribution in [0.1, 0.15) is 85.0 Å². The van der Waals surface area contributed by atoms with E-state index in [0.29, 0.717) is 22.3 Å². The maximum atomic E-state index is 7.01. The number of nitrogens with two attached hydrogens (primary N) is 1. The molecule has 3 atom stereocenters. The van der Waals surface area contributed by atoms with Gasteiger partial charge in [-0.25, -0.2) is 0 Å². The molecule has 21 heavy (non-hydrogen) atoms. The summed E-state index contributed by atoms with van der Waals surface area (Å²) < 4.78 is 0. The third-order valence-electron chi connectivity index (χ3n) is 7.94. The lowest BCUT2D eigenvalue weighted by molar-refractivity contribution is -0.161. The second-order valence-corrected chi connectivity index (χ2v) is 10.5. The van der Waals surface area contributed by atoms with Gasteiger partial charge in [0.25, 0.3) is 0 Å². The predicted octanol–water partition coefficient (Wildman–Crippen LogP) is 5.14. The molecular formula is C20H35N. The third-order valence-corrected chi connectivity index (χ3v) is 7.94. The summed E-state index contributed by atoms with van der Waals surface area (Å²) in [7, 11) is 0. The lowest BCUT2D eigenvalue weighted by atomic mass is 9.38. The smallest absolute Gasteiger partial charge is 0.0124 e. The highest BCUT2D eigenvalue weighted by atomic mass is 14.8. The van der Waals surface area contributed by atoms with E-state index in [1.54, 1.807) is 0 Å². The Hall–Kier alpha value is -0.0400. The van der Waals surface area contributed by atoms with Crippen LogP contribution in [0.4, 0.5) is 0 Å². The Balaban J connectivity index is 1.59. The van der Waals surface area contributed by atoms with Gasteiger partial charge in [-0.15, -0.1) is 0 Å². The molecule has 1 nitrogen and oxygen atoms in total. The summed E-state index contributed by atoms with van der Waals surface area (Å²) >= 11 is 0. The standard InChI is InChI=1S/C20H35N/c1-14-4-6-16(7-5-14)17(21)20-10-15-8-18(2,12-20)11-19(3,9-15)13-20/h14-17H,4-13,21H2,1-3H3. The fourth-order valence-electron chi connectivity index (χ4n) is 8.05. The Bertz CT molecular complexity index is 402. The van der Waals surface area contributed by atoms with E-state index in [2.05, 4.69) is 20.8 Å². The van der Waals surface area contributed by atoms with Crippen molar-refractivity contribution in [1.82, 2.24) is 0 Å². The van der Waals surface area contributed by atoms with Gasteiger partial charge in [-0.2, -0.15) is 0 Å². The van der Waals surface area contributed by atoms with E-state index < -0.39 is 0 Å². The van der Waals surface area contributed by atoms with Gasteiger partial charge in [-0.3, -0.25) is 0 Å². The van der Waals surface area contributed by atoms with Gasteiger partial charge in [-0.1, -0.05) is 33.6 Å². The zero-order valence-electron chi connectivity index (χ0n) is 14.5. The van der Waals surface area contributed by atoms with Gasteiger partial charge < -0.3 is 5.73 Å². The molecule has 0 aromatic carbocycles. The van der Waals surface area contributed by atoms with E-state index in [-0.39, 0.29) is 0 Å². The molecule has 0 aliphatic heterocycles. The Labute approximate surface area is 131 Å². The van der Waals surface area contributed by atoms with Crippen molar-refractivity contribution in [3.05, 3.63) is 0 Å². The van der Waals surface area contributed by atoms with Gasteiger partial charge in [0.2, 0.25) is 0 Å². The second-order valence-electron chi connectivity index (χ2n) is 10.5. The van der Waals surface area contributed by atoms with Crippen molar-refractivity contribution in [3.8, 4) is 0 Å². The van der Waals surface area contributed by atoms with Crippen LogP contribution in [0.25, 0.3) is 0 Å².